The summed E-state index contributed by atoms with van der Waals surface area (Å²) in [6.45, 7) is 0.227. The van der Waals surface area contributed by atoms with Crippen LogP contribution in [0, 0.1) is 17.5 Å². The summed E-state index contributed by atoms with van der Waals surface area (Å²) in [4.78, 5) is 21.5. The first-order valence-corrected chi connectivity index (χ1v) is 6.27. The molecule has 0 spiro atoms. The molecule has 1 aromatic rings. The van der Waals surface area contributed by atoms with Gasteiger partial charge in [-0.3, -0.25) is 4.79 Å². The smallest absolute Gasteiger partial charge is 0.314 e. The van der Waals surface area contributed by atoms with Crippen molar-refractivity contribution in [2.24, 2.45) is 0 Å². The molecule has 0 aliphatic carbocycles. The second kappa shape index (κ2) is 8.13. The maximum Gasteiger partial charge on any atom is 0.314 e. The molecule has 21 heavy (non-hydrogen) atoms. The fraction of sp³-hybridized carbons (Fsp3) is 0.385. The summed E-state index contributed by atoms with van der Waals surface area (Å²) in [6.07, 6.45) is 0.243. The van der Waals surface area contributed by atoms with Crippen molar-refractivity contribution >= 4 is 12.0 Å². The van der Waals surface area contributed by atoms with Crippen LogP contribution in [0.3, 0.4) is 0 Å². The molecule has 0 unspecified atom stereocenters. The van der Waals surface area contributed by atoms with Gasteiger partial charge in [0.15, 0.2) is 17.5 Å². The number of carboxylic acids is 1. The van der Waals surface area contributed by atoms with Crippen molar-refractivity contribution in [1.29, 1.82) is 0 Å². The molecule has 0 saturated heterocycles. The maximum atomic E-state index is 13.3. The van der Waals surface area contributed by atoms with Crippen LogP contribution in [0.15, 0.2) is 12.1 Å². The minimum Gasteiger partial charge on any atom is -0.481 e. The first-order valence-electron chi connectivity index (χ1n) is 6.27. The summed E-state index contributed by atoms with van der Waals surface area (Å²) in [5.41, 5.74) is -0.0416. The molecule has 0 aromatic heterocycles. The number of nitrogens with one attached hydrogen (secondary N) is 2. The van der Waals surface area contributed by atoms with Gasteiger partial charge in [0.05, 0.1) is 0 Å². The highest BCUT2D eigenvalue weighted by Crippen LogP contribution is 2.15. The van der Waals surface area contributed by atoms with E-state index in [1.165, 1.54) is 0 Å². The number of hydrogen-bond acceptors (Lipinski definition) is 2. The number of carbonyl (C=O) groups excluding carboxylic acids is 1. The van der Waals surface area contributed by atoms with Crippen molar-refractivity contribution < 1.29 is 27.9 Å². The Morgan fingerprint density at radius 2 is 1.71 bits per heavy atom. The third kappa shape index (κ3) is 5.72. The Balaban J connectivity index is 2.29. The zero-order valence-electron chi connectivity index (χ0n) is 11.1. The molecule has 0 atom stereocenters. The fourth-order valence-electron chi connectivity index (χ4n) is 1.57. The average Bonchev–Trinajstić information content (AvgIpc) is 2.43. The number of carbonyl (C=O) groups is 2. The normalized spacial score (nSPS) is 10.2. The standard InChI is InChI=1S/C13H15F3N2O3/c14-9-4-3-8(11(15)12(9)16)5-7-18-13(21)17-6-1-2-10(19)20/h3-4H,1-2,5-7H2,(H,19,20)(H2,17,18,21). The van der Waals surface area contributed by atoms with Crippen LogP contribution < -0.4 is 10.6 Å². The molecule has 0 aliphatic heterocycles. The summed E-state index contributed by atoms with van der Waals surface area (Å²) in [5, 5.41) is 13.2. The molecular weight excluding hydrogens is 289 g/mol. The molecular formula is C13H15F3N2O3. The lowest BCUT2D eigenvalue weighted by atomic mass is 10.1. The van der Waals surface area contributed by atoms with Gasteiger partial charge in [-0.2, -0.15) is 0 Å². The summed E-state index contributed by atoms with van der Waals surface area (Å²) in [5.74, 6) is -5.02. The quantitative estimate of drug-likeness (QED) is 0.531. The van der Waals surface area contributed by atoms with Gasteiger partial charge >= 0.3 is 12.0 Å². The number of halogens is 3. The van der Waals surface area contributed by atoms with Crippen molar-refractivity contribution in [2.45, 2.75) is 19.3 Å². The number of hydrogen-bond donors (Lipinski definition) is 3. The zero-order chi connectivity index (χ0) is 15.8. The SMILES string of the molecule is O=C(O)CCCNC(=O)NCCc1ccc(F)c(F)c1F. The van der Waals surface area contributed by atoms with Crippen molar-refractivity contribution in [1.82, 2.24) is 10.6 Å². The Bertz CT molecular complexity index is 524. The number of amides is 2. The van der Waals surface area contributed by atoms with Gasteiger partial charge in [0.25, 0.3) is 0 Å². The minimum atomic E-state index is -1.54. The Morgan fingerprint density at radius 1 is 1.05 bits per heavy atom. The molecule has 5 nitrogen and oxygen atoms in total. The molecule has 0 bridgehead atoms. The van der Waals surface area contributed by atoms with Gasteiger partial charge in [0.2, 0.25) is 0 Å². The van der Waals surface area contributed by atoms with Gasteiger partial charge in [-0.25, -0.2) is 18.0 Å². The second-order valence-corrected chi connectivity index (χ2v) is 4.26. The Kier molecular flexibility index (Phi) is 6.51. The first kappa shape index (κ1) is 16.8. The summed E-state index contributed by atoms with van der Waals surface area (Å²) in [6, 6.07) is 1.39. The molecule has 0 saturated carbocycles. The van der Waals surface area contributed by atoms with E-state index in [0.29, 0.717) is 6.42 Å². The van der Waals surface area contributed by atoms with Gasteiger partial charge in [-0.15, -0.1) is 0 Å². The summed E-state index contributed by atoms with van der Waals surface area (Å²) in [7, 11) is 0. The molecule has 8 heteroatoms. The zero-order valence-corrected chi connectivity index (χ0v) is 11.1. The summed E-state index contributed by atoms with van der Waals surface area (Å²) < 4.78 is 39.0. The molecule has 2 amide bonds. The third-order valence-electron chi connectivity index (χ3n) is 2.65. The van der Waals surface area contributed by atoms with Crippen molar-refractivity contribution in [3.05, 3.63) is 35.1 Å². The topological polar surface area (TPSA) is 78.4 Å². The molecule has 0 aliphatic rings. The summed E-state index contributed by atoms with van der Waals surface area (Å²) >= 11 is 0. The highest BCUT2D eigenvalue weighted by atomic mass is 19.2. The Hall–Kier alpha value is -2.25. The van der Waals surface area contributed by atoms with Gasteiger partial charge in [-0.1, -0.05) is 6.07 Å². The van der Waals surface area contributed by atoms with E-state index in [4.69, 9.17) is 5.11 Å². The van der Waals surface area contributed by atoms with Crippen LogP contribution in [0.2, 0.25) is 0 Å². The highest BCUT2D eigenvalue weighted by molar-refractivity contribution is 5.73. The van der Waals surface area contributed by atoms with E-state index >= 15 is 0 Å². The molecule has 0 fully saturated rings. The lowest BCUT2D eigenvalue weighted by Crippen LogP contribution is -2.37. The number of aliphatic carboxylic acids is 1. The number of urea groups is 1. The maximum absolute atomic E-state index is 13.3. The van der Waals surface area contributed by atoms with E-state index in [1.54, 1.807) is 0 Å². The third-order valence-corrected chi connectivity index (χ3v) is 2.65. The van der Waals surface area contributed by atoms with Crippen molar-refractivity contribution in [3.8, 4) is 0 Å². The number of carboxylic acid groups (broad SMARTS) is 1. The molecule has 3 N–H and O–H groups in total. The molecule has 0 radical (unpaired) electrons. The van der Waals surface area contributed by atoms with Gasteiger partial charge < -0.3 is 15.7 Å². The molecule has 1 aromatic carbocycles. The van der Waals surface area contributed by atoms with E-state index in [1.807, 2.05) is 0 Å². The van der Waals surface area contributed by atoms with E-state index in [0.717, 1.165) is 12.1 Å². The number of benzene rings is 1. The van der Waals surface area contributed by atoms with Gasteiger partial charge in [-0.05, 0) is 24.5 Å². The molecule has 0 heterocycles. The van der Waals surface area contributed by atoms with Crippen LogP contribution in [0.1, 0.15) is 18.4 Å². The van der Waals surface area contributed by atoms with Crippen LogP contribution >= 0.6 is 0 Å². The van der Waals surface area contributed by atoms with Crippen LogP contribution in [-0.4, -0.2) is 30.2 Å². The second-order valence-electron chi connectivity index (χ2n) is 4.26. The van der Waals surface area contributed by atoms with E-state index in [2.05, 4.69) is 10.6 Å². The van der Waals surface area contributed by atoms with E-state index < -0.39 is 29.5 Å². The van der Waals surface area contributed by atoms with Crippen molar-refractivity contribution in [3.63, 3.8) is 0 Å². The predicted octanol–water partition coefficient (Wildman–Crippen LogP) is 1.81. The largest absolute Gasteiger partial charge is 0.481 e. The highest BCUT2D eigenvalue weighted by Gasteiger charge is 2.13. The van der Waals surface area contributed by atoms with Gasteiger partial charge in [0.1, 0.15) is 0 Å². The fourth-order valence-corrected chi connectivity index (χ4v) is 1.57. The van der Waals surface area contributed by atoms with E-state index in [9.17, 15) is 22.8 Å². The van der Waals surface area contributed by atoms with Crippen LogP contribution in [0.5, 0.6) is 0 Å². The Morgan fingerprint density at radius 3 is 2.38 bits per heavy atom. The lowest BCUT2D eigenvalue weighted by Gasteiger charge is -2.08. The molecule has 1 rings (SSSR count). The number of rotatable bonds is 7. The lowest BCUT2D eigenvalue weighted by molar-refractivity contribution is -0.137. The molecule has 116 valence electrons. The average molecular weight is 304 g/mol. The Labute approximate surface area is 119 Å². The predicted molar refractivity (Wildman–Crippen MR) is 68.3 cm³/mol. The van der Waals surface area contributed by atoms with Crippen LogP contribution in [0.4, 0.5) is 18.0 Å². The van der Waals surface area contributed by atoms with E-state index in [-0.39, 0.29) is 31.5 Å². The minimum absolute atomic E-state index is 0.00553. The van der Waals surface area contributed by atoms with Gasteiger partial charge in [0, 0.05) is 19.5 Å². The van der Waals surface area contributed by atoms with Crippen molar-refractivity contribution in [2.75, 3.05) is 13.1 Å². The first-order chi connectivity index (χ1) is 9.91. The van der Waals surface area contributed by atoms with Crippen LogP contribution in [0.25, 0.3) is 0 Å². The van der Waals surface area contributed by atoms with Crippen LogP contribution in [-0.2, 0) is 11.2 Å². The monoisotopic (exact) mass is 304 g/mol.